The van der Waals surface area contributed by atoms with Gasteiger partial charge in [0.2, 0.25) is 0 Å². The third-order valence-electron chi connectivity index (χ3n) is 3.00. The fourth-order valence-corrected chi connectivity index (χ4v) is 1.85. The molecular formula is C11H16N2O. The summed E-state index contributed by atoms with van der Waals surface area (Å²) in [5.41, 5.74) is 9.46. The van der Waals surface area contributed by atoms with Crippen LogP contribution in [-0.4, -0.2) is 4.98 Å². The number of rotatable bonds is 2. The van der Waals surface area contributed by atoms with Crippen molar-refractivity contribution in [3.8, 4) is 0 Å². The zero-order valence-corrected chi connectivity index (χ0v) is 8.71. The maximum Gasteiger partial charge on any atom is 0.129 e. The summed E-state index contributed by atoms with van der Waals surface area (Å²) in [6.07, 6.45) is 3.02. The average molecular weight is 192 g/mol. The molecule has 1 aromatic heterocycles. The third-order valence-corrected chi connectivity index (χ3v) is 3.00. The highest BCUT2D eigenvalue weighted by atomic mass is 16.5. The zero-order valence-electron chi connectivity index (χ0n) is 8.71. The Labute approximate surface area is 84.3 Å². The number of nitrogens with zero attached hydrogens (tertiary/aromatic N) is 1. The Hall–Kier alpha value is -1.09. The number of hydrogen-bond donors (Lipinski definition) is 1. The maximum absolute atomic E-state index is 5.79. The number of hydrogen-bond acceptors (Lipinski definition) is 3. The van der Waals surface area contributed by atoms with Gasteiger partial charge in [0.25, 0.3) is 0 Å². The van der Waals surface area contributed by atoms with Gasteiger partial charge in [-0.1, -0.05) is 13.8 Å². The minimum atomic E-state index is 0.540. The number of nitrogen functional groups attached to an aromatic ring is 1. The van der Waals surface area contributed by atoms with Gasteiger partial charge in [0.15, 0.2) is 0 Å². The Bertz CT molecular complexity index is 349. The normalized spacial score (nSPS) is 16.7. The number of nitrogens with two attached hydrogens (primary N) is 1. The van der Waals surface area contributed by atoms with Crippen LogP contribution < -0.4 is 5.73 Å². The van der Waals surface area contributed by atoms with Crippen molar-refractivity contribution in [1.29, 1.82) is 0 Å². The van der Waals surface area contributed by atoms with Crippen molar-refractivity contribution in [2.75, 3.05) is 5.73 Å². The minimum Gasteiger partial charge on any atom is -0.383 e. The van der Waals surface area contributed by atoms with Crippen LogP contribution in [-0.2, 0) is 18.0 Å². The van der Waals surface area contributed by atoms with Gasteiger partial charge in [-0.05, 0) is 23.5 Å². The lowest BCUT2D eigenvalue weighted by Crippen LogP contribution is -2.03. The zero-order chi connectivity index (χ0) is 10.1. The molecule has 3 nitrogen and oxygen atoms in total. The molecular weight excluding hydrogens is 176 g/mol. The van der Waals surface area contributed by atoms with E-state index >= 15 is 0 Å². The second-order valence-corrected chi connectivity index (χ2v) is 3.86. The lowest BCUT2D eigenvalue weighted by molar-refractivity contribution is 0.134. The second kappa shape index (κ2) is 3.58. The molecule has 76 valence electrons. The molecule has 2 rings (SSSR count). The molecule has 1 aliphatic rings. The van der Waals surface area contributed by atoms with Gasteiger partial charge < -0.3 is 10.5 Å². The SMILES string of the molecule is CCC(C)c1cnc(N)c2c1COC2. The van der Waals surface area contributed by atoms with Gasteiger partial charge in [-0.25, -0.2) is 4.98 Å². The predicted molar refractivity (Wildman–Crippen MR) is 55.8 cm³/mol. The monoisotopic (exact) mass is 192 g/mol. The highest BCUT2D eigenvalue weighted by molar-refractivity contribution is 5.49. The first kappa shape index (κ1) is 9.46. The summed E-state index contributed by atoms with van der Waals surface area (Å²) in [4.78, 5) is 4.22. The Morgan fingerprint density at radius 1 is 1.50 bits per heavy atom. The summed E-state index contributed by atoms with van der Waals surface area (Å²) in [6.45, 7) is 5.72. The summed E-state index contributed by atoms with van der Waals surface area (Å²) in [7, 11) is 0. The van der Waals surface area contributed by atoms with Gasteiger partial charge in [0.05, 0.1) is 13.2 Å². The molecule has 0 bridgehead atoms. The van der Waals surface area contributed by atoms with Crippen molar-refractivity contribution in [2.24, 2.45) is 0 Å². The molecule has 14 heavy (non-hydrogen) atoms. The average Bonchev–Trinajstić information content (AvgIpc) is 2.67. The first-order valence-corrected chi connectivity index (χ1v) is 5.07. The number of ether oxygens (including phenoxy) is 1. The number of pyridine rings is 1. The molecule has 0 spiro atoms. The molecule has 3 heteroatoms. The van der Waals surface area contributed by atoms with Gasteiger partial charge in [-0.2, -0.15) is 0 Å². The van der Waals surface area contributed by atoms with Crippen LogP contribution in [0.3, 0.4) is 0 Å². The molecule has 0 saturated carbocycles. The summed E-state index contributed by atoms with van der Waals surface area (Å²) in [5.74, 6) is 1.17. The van der Waals surface area contributed by atoms with E-state index < -0.39 is 0 Å². The Balaban J connectivity index is 2.48. The van der Waals surface area contributed by atoms with Crippen LogP contribution in [0.25, 0.3) is 0 Å². The summed E-state index contributed by atoms with van der Waals surface area (Å²) in [5, 5.41) is 0. The number of fused-ring (bicyclic) bond motifs is 1. The highest BCUT2D eigenvalue weighted by Gasteiger charge is 2.20. The topological polar surface area (TPSA) is 48.1 Å². The van der Waals surface area contributed by atoms with Gasteiger partial charge >= 0.3 is 0 Å². The summed E-state index contributed by atoms with van der Waals surface area (Å²) in [6, 6.07) is 0. The van der Waals surface area contributed by atoms with Crippen molar-refractivity contribution >= 4 is 5.82 Å². The molecule has 0 radical (unpaired) electrons. The third kappa shape index (κ3) is 1.38. The molecule has 1 atom stereocenters. The molecule has 1 aliphatic heterocycles. The molecule has 0 aliphatic carbocycles. The second-order valence-electron chi connectivity index (χ2n) is 3.86. The predicted octanol–water partition coefficient (Wildman–Crippen LogP) is 2.21. The van der Waals surface area contributed by atoms with Crippen LogP contribution in [0, 0.1) is 0 Å². The lowest BCUT2D eigenvalue weighted by Gasteiger charge is -2.13. The van der Waals surface area contributed by atoms with E-state index in [0.717, 1.165) is 12.0 Å². The Kier molecular flexibility index (Phi) is 2.42. The summed E-state index contributed by atoms with van der Waals surface area (Å²) >= 11 is 0. The van der Waals surface area contributed by atoms with Gasteiger partial charge in [0, 0.05) is 11.8 Å². The molecule has 1 unspecified atom stereocenters. The van der Waals surface area contributed by atoms with Crippen LogP contribution in [0.4, 0.5) is 5.82 Å². The minimum absolute atomic E-state index is 0.540. The molecule has 0 fully saturated rings. The van der Waals surface area contributed by atoms with Crippen LogP contribution in [0.5, 0.6) is 0 Å². The van der Waals surface area contributed by atoms with Crippen LogP contribution >= 0.6 is 0 Å². The van der Waals surface area contributed by atoms with E-state index in [4.69, 9.17) is 10.5 Å². The van der Waals surface area contributed by atoms with Crippen molar-refractivity contribution in [2.45, 2.75) is 39.4 Å². The largest absolute Gasteiger partial charge is 0.383 e. The van der Waals surface area contributed by atoms with E-state index in [-0.39, 0.29) is 0 Å². The van der Waals surface area contributed by atoms with E-state index in [0.29, 0.717) is 24.9 Å². The Morgan fingerprint density at radius 3 is 2.93 bits per heavy atom. The van der Waals surface area contributed by atoms with E-state index in [1.807, 2.05) is 6.20 Å². The molecule has 2 heterocycles. The van der Waals surface area contributed by atoms with E-state index in [1.54, 1.807) is 0 Å². The highest BCUT2D eigenvalue weighted by Crippen LogP contribution is 2.31. The van der Waals surface area contributed by atoms with E-state index in [9.17, 15) is 0 Å². The lowest BCUT2D eigenvalue weighted by atomic mass is 9.94. The van der Waals surface area contributed by atoms with Crippen molar-refractivity contribution in [3.63, 3.8) is 0 Å². The number of aromatic nitrogens is 1. The van der Waals surface area contributed by atoms with E-state index in [1.165, 1.54) is 11.1 Å². The van der Waals surface area contributed by atoms with Gasteiger partial charge in [0.1, 0.15) is 5.82 Å². The fourth-order valence-electron chi connectivity index (χ4n) is 1.85. The van der Waals surface area contributed by atoms with E-state index in [2.05, 4.69) is 18.8 Å². The summed E-state index contributed by atoms with van der Waals surface area (Å²) < 4.78 is 5.41. The first-order valence-electron chi connectivity index (χ1n) is 5.07. The molecule has 0 aromatic carbocycles. The quantitative estimate of drug-likeness (QED) is 0.781. The molecule has 0 amide bonds. The molecule has 0 saturated heterocycles. The van der Waals surface area contributed by atoms with Gasteiger partial charge in [-0.3, -0.25) is 0 Å². The molecule has 2 N–H and O–H groups in total. The van der Waals surface area contributed by atoms with Crippen molar-refractivity contribution in [3.05, 3.63) is 22.9 Å². The van der Waals surface area contributed by atoms with Crippen LogP contribution in [0.15, 0.2) is 6.20 Å². The van der Waals surface area contributed by atoms with Gasteiger partial charge in [-0.15, -0.1) is 0 Å². The fraction of sp³-hybridized carbons (Fsp3) is 0.545. The van der Waals surface area contributed by atoms with Crippen molar-refractivity contribution < 1.29 is 4.74 Å². The standard InChI is InChI=1S/C11H16N2O/c1-3-7(2)8-4-13-11(12)10-6-14-5-9(8)10/h4,7H,3,5-6H2,1-2H3,(H2,12,13). The Morgan fingerprint density at radius 2 is 2.21 bits per heavy atom. The maximum atomic E-state index is 5.79. The van der Waals surface area contributed by atoms with Crippen LogP contribution in [0.2, 0.25) is 0 Å². The molecule has 1 aromatic rings. The smallest absolute Gasteiger partial charge is 0.129 e. The number of anilines is 1. The van der Waals surface area contributed by atoms with Crippen LogP contribution in [0.1, 0.15) is 42.9 Å². The first-order chi connectivity index (χ1) is 6.74. The van der Waals surface area contributed by atoms with Crippen molar-refractivity contribution in [1.82, 2.24) is 4.98 Å².